The van der Waals surface area contributed by atoms with E-state index in [4.69, 9.17) is 5.73 Å². The Balaban J connectivity index is 2.09. The first-order chi connectivity index (χ1) is 8.15. The second-order valence-corrected chi connectivity index (χ2v) is 5.02. The largest absolute Gasteiger partial charge is 0.369 e. The number of fused-ring (bicyclic) bond motifs is 1. The Hall–Kier alpha value is -1.58. The van der Waals surface area contributed by atoms with Crippen molar-refractivity contribution in [3.05, 3.63) is 24.0 Å². The molecule has 2 aromatic rings. The number of aromatic nitrogens is 2. The zero-order valence-corrected chi connectivity index (χ0v) is 9.91. The highest BCUT2D eigenvalue weighted by atomic mass is 19.1. The van der Waals surface area contributed by atoms with Gasteiger partial charge in [0.1, 0.15) is 5.52 Å². The quantitative estimate of drug-likeness (QED) is 0.885. The molecule has 1 heterocycles. The molecule has 0 aliphatic heterocycles. The maximum atomic E-state index is 13.6. The Kier molecular flexibility index (Phi) is 2.15. The average molecular weight is 233 g/mol. The monoisotopic (exact) mass is 233 g/mol. The summed E-state index contributed by atoms with van der Waals surface area (Å²) < 4.78 is 15.5. The smallest absolute Gasteiger partial charge is 0.201 e. The maximum Gasteiger partial charge on any atom is 0.201 e. The summed E-state index contributed by atoms with van der Waals surface area (Å²) in [5, 5.41) is 0. The van der Waals surface area contributed by atoms with Gasteiger partial charge in [-0.25, -0.2) is 9.37 Å². The van der Waals surface area contributed by atoms with E-state index in [1.165, 1.54) is 18.9 Å². The molecule has 0 unspecified atom stereocenters. The van der Waals surface area contributed by atoms with Crippen molar-refractivity contribution in [3.63, 3.8) is 0 Å². The molecule has 1 saturated carbocycles. The number of hydrogen-bond donors (Lipinski definition) is 1. The molecule has 3 rings (SSSR count). The van der Waals surface area contributed by atoms with Crippen molar-refractivity contribution in [1.82, 2.24) is 9.55 Å². The molecule has 0 bridgehead atoms. The number of benzene rings is 1. The SMILES string of the molecule is CCC1(Cn2c(N)nc3c(F)cccc32)CC1. The van der Waals surface area contributed by atoms with Gasteiger partial charge in [0.25, 0.3) is 0 Å². The van der Waals surface area contributed by atoms with Gasteiger partial charge >= 0.3 is 0 Å². The third-order valence-corrected chi connectivity index (χ3v) is 3.96. The van der Waals surface area contributed by atoms with E-state index in [0.29, 0.717) is 16.9 Å². The number of hydrogen-bond acceptors (Lipinski definition) is 2. The van der Waals surface area contributed by atoms with E-state index >= 15 is 0 Å². The number of rotatable bonds is 3. The number of nitrogens with zero attached hydrogens (tertiary/aromatic N) is 2. The van der Waals surface area contributed by atoms with Crippen LogP contribution in [0.1, 0.15) is 26.2 Å². The van der Waals surface area contributed by atoms with Gasteiger partial charge in [-0.05, 0) is 36.8 Å². The Morgan fingerprint density at radius 3 is 2.88 bits per heavy atom. The third-order valence-electron chi connectivity index (χ3n) is 3.96. The minimum Gasteiger partial charge on any atom is -0.369 e. The molecule has 90 valence electrons. The lowest BCUT2D eigenvalue weighted by atomic mass is 10.0. The highest BCUT2D eigenvalue weighted by Gasteiger charge is 2.41. The van der Waals surface area contributed by atoms with Gasteiger partial charge < -0.3 is 10.3 Å². The maximum absolute atomic E-state index is 13.6. The van der Waals surface area contributed by atoms with Crippen molar-refractivity contribution >= 4 is 17.0 Å². The fourth-order valence-electron chi connectivity index (χ4n) is 2.43. The first-order valence-corrected chi connectivity index (χ1v) is 6.05. The molecule has 2 N–H and O–H groups in total. The minimum atomic E-state index is -0.297. The van der Waals surface area contributed by atoms with Gasteiger partial charge in [-0.2, -0.15) is 0 Å². The van der Waals surface area contributed by atoms with Crippen molar-refractivity contribution in [3.8, 4) is 0 Å². The van der Waals surface area contributed by atoms with Crippen LogP contribution in [0.3, 0.4) is 0 Å². The number of imidazole rings is 1. The van der Waals surface area contributed by atoms with E-state index in [2.05, 4.69) is 11.9 Å². The predicted octanol–water partition coefficient (Wildman–Crippen LogP) is 2.95. The van der Waals surface area contributed by atoms with Crippen molar-refractivity contribution in [1.29, 1.82) is 0 Å². The molecular formula is C13H16FN3. The van der Waals surface area contributed by atoms with Crippen molar-refractivity contribution in [2.24, 2.45) is 5.41 Å². The van der Waals surface area contributed by atoms with Crippen molar-refractivity contribution in [2.45, 2.75) is 32.7 Å². The number of para-hydroxylation sites is 1. The lowest BCUT2D eigenvalue weighted by Gasteiger charge is -2.14. The molecule has 1 aliphatic carbocycles. The molecule has 0 amide bonds. The zero-order valence-electron chi connectivity index (χ0n) is 9.91. The molecule has 1 aromatic heterocycles. The van der Waals surface area contributed by atoms with Crippen LogP contribution < -0.4 is 5.73 Å². The molecule has 4 heteroatoms. The Morgan fingerprint density at radius 2 is 2.24 bits per heavy atom. The summed E-state index contributed by atoms with van der Waals surface area (Å²) in [6.07, 6.45) is 3.61. The average Bonchev–Trinajstić information content (AvgIpc) is 3.02. The standard InChI is InChI=1S/C13H16FN3/c1-2-13(6-7-13)8-17-10-5-3-4-9(14)11(10)16-12(17)15/h3-5H,2,6-8H2,1H3,(H2,15,16). The second-order valence-electron chi connectivity index (χ2n) is 5.02. The summed E-state index contributed by atoms with van der Waals surface area (Å²) in [7, 11) is 0. The summed E-state index contributed by atoms with van der Waals surface area (Å²) in [5.74, 6) is 0.124. The number of nitrogen functional groups attached to an aromatic ring is 1. The molecule has 17 heavy (non-hydrogen) atoms. The van der Waals surface area contributed by atoms with E-state index < -0.39 is 0 Å². The minimum absolute atomic E-state index is 0.297. The van der Waals surface area contributed by atoms with E-state index in [9.17, 15) is 4.39 Å². The molecule has 1 aromatic carbocycles. The first kappa shape index (κ1) is 10.6. The van der Waals surface area contributed by atoms with Gasteiger partial charge in [0.2, 0.25) is 5.95 Å². The van der Waals surface area contributed by atoms with E-state index in [1.807, 2.05) is 10.6 Å². The number of halogens is 1. The highest BCUT2D eigenvalue weighted by Crippen LogP contribution is 2.50. The van der Waals surface area contributed by atoms with Gasteiger partial charge in [-0.15, -0.1) is 0 Å². The second kappa shape index (κ2) is 3.45. The van der Waals surface area contributed by atoms with E-state index in [0.717, 1.165) is 18.5 Å². The van der Waals surface area contributed by atoms with Crippen LogP contribution in [0, 0.1) is 11.2 Å². The molecule has 3 nitrogen and oxygen atoms in total. The first-order valence-electron chi connectivity index (χ1n) is 6.05. The van der Waals surface area contributed by atoms with Crippen molar-refractivity contribution in [2.75, 3.05) is 5.73 Å². The van der Waals surface area contributed by atoms with Crippen LogP contribution in [-0.4, -0.2) is 9.55 Å². The normalized spacial score (nSPS) is 17.5. The van der Waals surface area contributed by atoms with Gasteiger partial charge in [0, 0.05) is 6.54 Å². The molecule has 0 spiro atoms. The van der Waals surface area contributed by atoms with Crippen LogP contribution in [0.4, 0.5) is 10.3 Å². The van der Waals surface area contributed by atoms with Gasteiger partial charge in [0.15, 0.2) is 5.82 Å². The van der Waals surface area contributed by atoms with Crippen LogP contribution in [0.25, 0.3) is 11.0 Å². The molecular weight excluding hydrogens is 217 g/mol. The Bertz CT molecular complexity index is 569. The molecule has 0 radical (unpaired) electrons. The van der Waals surface area contributed by atoms with E-state index in [-0.39, 0.29) is 5.82 Å². The van der Waals surface area contributed by atoms with E-state index in [1.54, 1.807) is 6.07 Å². The molecule has 1 aliphatic rings. The predicted molar refractivity (Wildman–Crippen MR) is 66.1 cm³/mol. The van der Waals surface area contributed by atoms with Gasteiger partial charge in [-0.3, -0.25) is 0 Å². The molecule has 1 fully saturated rings. The third kappa shape index (κ3) is 1.59. The van der Waals surface area contributed by atoms with Crippen LogP contribution in [-0.2, 0) is 6.54 Å². The fourth-order valence-corrected chi connectivity index (χ4v) is 2.43. The van der Waals surface area contributed by atoms with Crippen molar-refractivity contribution < 1.29 is 4.39 Å². The van der Waals surface area contributed by atoms with Crippen LogP contribution >= 0.6 is 0 Å². The highest BCUT2D eigenvalue weighted by molar-refractivity contribution is 5.78. The lowest BCUT2D eigenvalue weighted by Crippen LogP contribution is -2.12. The molecule has 0 saturated heterocycles. The summed E-state index contributed by atoms with van der Waals surface area (Å²) in [6.45, 7) is 3.05. The van der Waals surface area contributed by atoms with Crippen LogP contribution in [0.5, 0.6) is 0 Å². The zero-order chi connectivity index (χ0) is 12.0. The number of anilines is 1. The topological polar surface area (TPSA) is 43.8 Å². The molecule has 0 atom stereocenters. The van der Waals surface area contributed by atoms with Gasteiger partial charge in [-0.1, -0.05) is 13.0 Å². The Morgan fingerprint density at radius 1 is 1.47 bits per heavy atom. The summed E-state index contributed by atoms with van der Waals surface area (Å²) in [4.78, 5) is 4.12. The summed E-state index contributed by atoms with van der Waals surface area (Å²) in [5.41, 5.74) is 7.46. The summed E-state index contributed by atoms with van der Waals surface area (Å²) in [6, 6.07) is 5.01. The van der Waals surface area contributed by atoms with Crippen LogP contribution in [0.2, 0.25) is 0 Å². The lowest BCUT2D eigenvalue weighted by molar-refractivity contribution is 0.418. The Labute approximate surface area is 99.4 Å². The van der Waals surface area contributed by atoms with Crippen LogP contribution in [0.15, 0.2) is 18.2 Å². The fraction of sp³-hybridized carbons (Fsp3) is 0.462. The summed E-state index contributed by atoms with van der Waals surface area (Å²) >= 11 is 0. The van der Waals surface area contributed by atoms with Gasteiger partial charge in [0.05, 0.1) is 5.52 Å². The number of nitrogens with two attached hydrogens (primary N) is 1.